The van der Waals surface area contributed by atoms with Crippen LogP contribution in [0.1, 0.15) is 49.7 Å². The fraction of sp³-hybridized carbons (Fsp3) is 0.679. The number of hydrogen-bond acceptors (Lipinski definition) is 10. The number of phenolic OH excluding ortho intramolecular Hbond substituents is 1. The van der Waals surface area contributed by atoms with Crippen LogP contribution in [0, 0.1) is 5.92 Å². The van der Waals surface area contributed by atoms with Gasteiger partial charge in [0.25, 0.3) is 0 Å². The van der Waals surface area contributed by atoms with Gasteiger partial charge in [-0.25, -0.2) is 0 Å². The van der Waals surface area contributed by atoms with Crippen molar-refractivity contribution in [2.24, 2.45) is 11.7 Å². The molecule has 1 aromatic rings. The van der Waals surface area contributed by atoms with Crippen molar-refractivity contribution >= 4 is 29.6 Å². The fourth-order valence-electron chi connectivity index (χ4n) is 7.66. The van der Waals surface area contributed by atoms with E-state index < -0.39 is 52.3 Å². The number of carbonyl (C=O) groups is 3. The van der Waals surface area contributed by atoms with Crippen LogP contribution in [0.15, 0.2) is 12.1 Å². The highest BCUT2D eigenvalue weighted by Gasteiger charge is 2.73. The molecule has 0 aromatic heterocycles. The number of nitrogens with one attached hydrogen (secondary N) is 1. The first-order chi connectivity index (χ1) is 19.1. The lowest BCUT2D eigenvalue weighted by Crippen LogP contribution is -2.78. The minimum atomic E-state index is -1.19. The first kappa shape index (κ1) is 27.6. The summed E-state index contributed by atoms with van der Waals surface area (Å²) in [7, 11) is 1.23. The Labute approximate surface area is 236 Å². The summed E-state index contributed by atoms with van der Waals surface area (Å²) in [5.74, 6) is -1.19. The number of nitrogens with zero attached hydrogens (tertiary/aromatic N) is 1. The molecule has 1 amide bonds. The van der Waals surface area contributed by atoms with Gasteiger partial charge < -0.3 is 35.8 Å². The molecule has 2 aliphatic heterocycles. The second-order valence-corrected chi connectivity index (χ2v) is 13.2. The van der Waals surface area contributed by atoms with Crippen LogP contribution < -0.4 is 15.8 Å². The molecular weight excluding hydrogens is 538 g/mol. The molecule has 1 saturated heterocycles. The van der Waals surface area contributed by atoms with Crippen molar-refractivity contribution in [2.75, 3.05) is 26.0 Å². The number of piperidine rings is 1. The number of amides is 1. The first-order valence-corrected chi connectivity index (χ1v) is 15.1. The number of carboxylic acids is 1. The monoisotopic (exact) mass is 575 g/mol. The minimum Gasteiger partial charge on any atom is -0.504 e. The van der Waals surface area contributed by atoms with Gasteiger partial charge in [0.1, 0.15) is 12.1 Å². The summed E-state index contributed by atoms with van der Waals surface area (Å²) in [6, 6.07) is 1.83. The van der Waals surface area contributed by atoms with E-state index in [0.29, 0.717) is 37.4 Å². The number of methoxy groups -OCH3 is 1. The summed E-state index contributed by atoms with van der Waals surface area (Å²) in [6.45, 7) is 1.77. The summed E-state index contributed by atoms with van der Waals surface area (Å²) in [5.41, 5.74) is 5.73. The SMILES string of the molecule is COC(=O)CC(SCC(N)C(=O)O)C(=O)N[C@@H]1CC[C@@]2(O)[C@H]3Cc4ccc(O)c5c4[C@@]2(CCN3CC2CC2)[C@H]1O5. The van der Waals surface area contributed by atoms with Crippen molar-refractivity contribution in [3.05, 3.63) is 23.3 Å². The summed E-state index contributed by atoms with van der Waals surface area (Å²) >= 11 is 0.999. The van der Waals surface area contributed by atoms with Gasteiger partial charge in [0.15, 0.2) is 11.5 Å². The van der Waals surface area contributed by atoms with Crippen LogP contribution in [-0.4, -0.2) is 99.1 Å². The fourth-order valence-corrected chi connectivity index (χ4v) is 8.71. The number of aromatic hydroxyl groups is 1. The predicted octanol–water partition coefficient (Wildman–Crippen LogP) is 0.518. The maximum absolute atomic E-state index is 13.6. The lowest BCUT2D eigenvalue weighted by atomic mass is 9.48. The van der Waals surface area contributed by atoms with Crippen molar-refractivity contribution < 1.29 is 39.2 Å². The van der Waals surface area contributed by atoms with Gasteiger partial charge in [-0.2, -0.15) is 0 Å². The van der Waals surface area contributed by atoms with Crippen molar-refractivity contribution in [1.82, 2.24) is 10.2 Å². The number of ether oxygens (including phenoxy) is 2. The topological polar surface area (TPSA) is 172 Å². The van der Waals surface area contributed by atoms with Gasteiger partial charge >= 0.3 is 11.9 Å². The zero-order chi connectivity index (χ0) is 28.4. The van der Waals surface area contributed by atoms with E-state index in [2.05, 4.69) is 10.2 Å². The molecule has 2 saturated carbocycles. The molecule has 2 heterocycles. The highest BCUT2D eigenvalue weighted by molar-refractivity contribution is 8.00. The van der Waals surface area contributed by atoms with Crippen LogP contribution in [0.5, 0.6) is 11.5 Å². The standard InChI is InChI=1S/C28H37N3O8S/c1-38-21(33)11-19(40-13-16(29)26(35)36)25(34)30-17-6-7-28(37)20-10-15-4-5-18(32)23-22(15)27(28,24(17)39-23)8-9-31(20)12-14-2-3-14/h4-5,14,16-17,19-20,24,32,37H,2-3,6-13,29H2,1H3,(H,30,34)(H,35,36)/t16?,17-,19?,20-,24+,27+,28-/m1/s1. The van der Waals surface area contributed by atoms with Gasteiger partial charge in [-0.05, 0) is 62.6 Å². The molecule has 1 spiro atoms. The molecule has 218 valence electrons. The number of phenols is 1. The normalized spacial score (nSPS) is 33.3. The third kappa shape index (κ3) is 4.26. The second kappa shape index (κ2) is 10.1. The first-order valence-electron chi connectivity index (χ1n) is 14.0. The molecule has 0 radical (unpaired) electrons. The molecule has 5 aliphatic rings. The number of hydrogen-bond donors (Lipinski definition) is 5. The van der Waals surface area contributed by atoms with Gasteiger partial charge in [0.05, 0.1) is 35.8 Å². The van der Waals surface area contributed by atoms with Gasteiger partial charge in [0.2, 0.25) is 5.91 Å². The molecule has 12 heteroatoms. The number of aliphatic hydroxyl groups is 1. The number of rotatable bonds is 10. The number of thioether (sulfide) groups is 1. The van der Waals surface area contributed by atoms with E-state index >= 15 is 0 Å². The number of benzene rings is 1. The van der Waals surface area contributed by atoms with Crippen LogP contribution >= 0.6 is 11.8 Å². The second-order valence-electron chi connectivity index (χ2n) is 12.0. The summed E-state index contributed by atoms with van der Waals surface area (Å²) in [4.78, 5) is 39.3. The van der Waals surface area contributed by atoms with Crippen LogP contribution in [0.25, 0.3) is 0 Å². The maximum Gasteiger partial charge on any atom is 0.321 e. The Balaban J connectivity index is 1.29. The van der Waals surface area contributed by atoms with E-state index in [1.165, 1.54) is 20.0 Å². The minimum absolute atomic E-state index is 0.0237. The van der Waals surface area contributed by atoms with Crippen molar-refractivity contribution in [2.45, 2.75) is 85.4 Å². The van der Waals surface area contributed by atoms with E-state index in [-0.39, 0.29) is 24.0 Å². The lowest BCUT2D eigenvalue weighted by molar-refractivity contribution is -0.192. The quantitative estimate of drug-likeness (QED) is 0.246. The molecule has 3 aliphatic carbocycles. The third-order valence-electron chi connectivity index (χ3n) is 9.76. The maximum atomic E-state index is 13.6. The van der Waals surface area contributed by atoms with E-state index in [0.717, 1.165) is 36.0 Å². The zero-order valence-corrected chi connectivity index (χ0v) is 23.3. The number of aliphatic carboxylic acids is 1. The average molecular weight is 576 g/mol. The Morgan fingerprint density at radius 3 is 2.75 bits per heavy atom. The van der Waals surface area contributed by atoms with Crippen LogP contribution in [-0.2, 0) is 31.0 Å². The summed E-state index contributed by atoms with van der Waals surface area (Å²) < 4.78 is 11.3. The number of nitrogens with two attached hydrogens (primary N) is 1. The van der Waals surface area contributed by atoms with E-state index in [1.54, 1.807) is 6.07 Å². The van der Waals surface area contributed by atoms with Gasteiger partial charge in [0, 0.05) is 23.9 Å². The smallest absolute Gasteiger partial charge is 0.321 e. The molecule has 6 N–H and O–H groups in total. The highest BCUT2D eigenvalue weighted by atomic mass is 32.2. The molecule has 6 rings (SSSR count). The lowest BCUT2D eigenvalue weighted by Gasteiger charge is -2.64. The predicted molar refractivity (Wildman–Crippen MR) is 145 cm³/mol. The molecule has 2 unspecified atom stereocenters. The molecule has 40 heavy (non-hydrogen) atoms. The zero-order valence-electron chi connectivity index (χ0n) is 22.5. The summed E-state index contributed by atoms with van der Waals surface area (Å²) in [6.07, 6.45) is 3.84. The Morgan fingerprint density at radius 1 is 1.27 bits per heavy atom. The Bertz CT molecular complexity index is 1230. The molecule has 2 bridgehead atoms. The third-order valence-corrected chi connectivity index (χ3v) is 11.1. The largest absolute Gasteiger partial charge is 0.504 e. The molecule has 1 aromatic carbocycles. The number of likely N-dealkylation sites (tertiary alicyclic amines) is 1. The molecule has 7 atom stereocenters. The molecule has 11 nitrogen and oxygen atoms in total. The Hall–Kier alpha value is -2.54. The van der Waals surface area contributed by atoms with Gasteiger partial charge in [-0.3, -0.25) is 19.3 Å². The number of carbonyl (C=O) groups excluding carboxylic acids is 2. The number of esters is 1. The highest BCUT2D eigenvalue weighted by Crippen LogP contribution is 2.65. The summed E-state index contributed by atoms with van der Waals surface area (Å²) in [5, 5.41) is 34.7. The van der Waals surface area contributed by atoms with Crippen molar-refractivity contribution in [3.8, 4) is 11.5 Å². The van der Waals surface area contributed by atoms with Crippen LogP contribution in [0.2, 0.25) is 0 Å². The Kier molecular flexibility index (Phi) is 6.96. The van der Waals surface area contributed by atoms with Crippen molar-refractivity contribution in [1.29, 1.82) is 0 Å². The Morgan fingerprint density at radius 2 is 2.05 bits per heavy atom. The molecular formula is C28H37N3O8S. The number of carboxylic acid groups (broad SMARTS) is 1. The van der Waals surface area contributed by atoms with Crippen LogP contribution in [0.4, 0.5) is 0 Å². The average Bonchev–Trinajstić information content (AvgIpc) is 3.67. The van der Waals surface area contributed by atoms with Gasteiger partial charge in [-0.15, -0.1) is 11.8 Å². The van der Waals surface area contributed by atoms with Gasteiger partial charge in [-0.1, -0.05) is 6.07 Å². The van der Waals surface area contributed by atoms with Crippen molar-refractivity contribution in [3.63, 3.8) is 0 Å². The van der Waals surface area contributed by atoms with E-state index in [1.807, 2.05) is 6.07 Å². The van der Waals surface area contributed by atoms with E-state index in [9.17, 15) is 24.6 Å². The molecule has 3 fully saturated rings. The van der Waals surface area contributed by atoms with E-state index in [4.69, 9.17) is 20.3 Å². The van der Waals surface area contributed by atoms with Crippen LogP contribution in [0.3, 0.4) is 0 Å².